The first kappa shape index (κ1) is 23.9. The number of anilines is 1. The maximum Gasteiger partial charge on any atom is 0.253 e. The highest BCUT2D eigenvalue weighted by atomic mass is 32.2. The van der Waals surface area contributed by atoms with E-state index in [0.29, 0.717) is 11.3 Å². The number of carbonyl (C=O) groups is 2. The number of sulfonamides is 1. The largest absolute Gasteiger partial charge is 0.349 e. The van der Waals surface area contributed by atoms with E-state index in [4.69, 9.17) is 0 Å². The molecule has 0 saturated heterocycles. The molecule has 1 aliphatic carbocycles. The number of benzene rings is 2. The standard InChI is InChI=1S/C23H28FN3O4S/c1-32(30,31)27(15-17-9-5-7-13-20(17)24)16-22(28)26-21-14-8-6-12-19(21)23(29)25-18-10-3-2-4-11-18/h5-9,12-14,18H,2-4,10-11,15-16H2,1H3,(H,25,29)(H,26,28). The quantitative estimate of drug-likeness (QED) is 0.631. The van der Waals surface area contributed by atoms with Crippen molar-refractivity contribution >= 4 is 27.5 Å². The third kappa shape index (κ3) is 6.61. The van der Waals surface area contributed by atoms with Gasteiger partial charge in [-0.15, -0.1) is 0 Å². The third-order valence-electron chi connectivity index (χ3n) is 5.48. The minimum Gasteiger partial charge on any atom is -0.349 e. The minimum atomic E-state index is -3.79. The highest BCUT2D eigenvalue weighted by molar-refractivity contribution is 7.88. The minimum absolute atomic E-state index is 0.113. The summed E-state index contributed by atoms with van der Waals surface area (Å²) in [6, 6.07) is 12.5. The molecular weight excluding hydrogens is 433 g/mol. The van der Waals surface area contributed by atoms with Gasteiger partial charge in [-0.1, -0.05) is 49.6 Å². The van der Waals surface area contributed by atoms with Crippen molar-refractivity contribution in [2.24, 2.45) is 0 Å². The molecule has 1 aliphatic rings. The van der Waals surface area contributed by atoms with Crippen molar-refractivity contribution in [1.29, 1.82) is 0 Å². The highest BCUT2D eigenvalue weighted by Crippen LogP contribution is 2.20. The first-order valence-electron chi connectivity index (χ1n) is 10.6. The first-order chi connectivity index (χ1) is 15.2. The van der Waals surface area contributed by atoms with Crippen LogP contribution in [0.4, 0.5) is 10.1 Å². The number of amides is 2. The fourth-order valence-corrected chi connectivity index (χ4v) is 4.48. The SMILES string of the molecule is CS(=O)(=O)N(CC(=O)Nc1ccccc1C(=O)NC1CCCCC1)Cc1ccccc1F. The Kier molecular flexibility index (Phi) is 7.98. The predicted octanol–water partition coefficient (Wildman–Crippen LogP) is 3.29. The van der Waals surface area contributed by atoms with E-state index in [1.54, 1.807) is 30.3 Å². The number of hydrogen-bond acceptors (Lipinski definition) is 4. The Labute approximate surface area is 188 Å². The molecule has 2 aromatic rings. The van der Waals surface area contributed by atoms with Crippen molar-refractivity contribution in [3.8, 4) is 0 Å². The fraction of sp³-hybridized carbons (Fsp3) is 0.391. The maximum absolute atomic E-state index is 14.0. The molecule has 0 spiro atoms. The lowest BCUT2D eigenvalue weighted by Gasteiger charge is -2.23. The summed E-state index contributed by atoms with van der Waals surface area (Å²) in [5.41, 5.74) is 0.773. The van der Waals surface area contributed by atoms with Gasteiger partial charge in [0.1, 0.15) is 5.82 Å². The van der Waals surface area contributed by atoms with Gasteiger partial charge in [0, 0.05) is 18.2 Å². The van der Waals surface area contributed by atoms with Gasteiger partial charge in [-0.2, -0.15) is 4.31 Å². The summed E-state index contributed by atoms with van der Waals surface area (Å²) in [5.74, 6) is -1.45. The van der Waals surface area contributed by atoms with E-state index in [-0.39, 0.29) is 24.1 Å². The molecule has 2 N–H and O–H groups in total. The topological polar surface area (TPSA) is 95.6 Å². The van der Waals surface area contributed by atoms with Crippen LogP contribution in [-0.4, -0.2) is 43.4 Å². The Bertz CT molecular complexity index is 1070. The van der Waals surface area contributed by atoms with Crippen LogP contribution in [0.15, 0.2) is 48.5 Å². The lowest BCUT2D eigenvalue weighted by Crippen LogP contribution is -2.38. The van der Waals surface area contributed by atoms with E-state index in [1.165, 1.54) is 24.6 Å². The summed E-state index contributed by atoms with van der Waals surface area (Å²) in [5, 5.41) is 5.65. The smallest absolute Gasteiger partial charge is 0.253 e. The van der Waals surface area contributed by atoms with Crippen LogP contribution in [0.5, 0.6) is 0 Å². The molecule has 0 bridgehead atoms. The third-order valence-corrected chi connectivity index (χ3v) is 6.68. The van der Waals surface area contributed by atoms with Crippen LogP contribution in [-0.2, 0) is 21.4 Å². The number of para-hydroxylation sites is 1. The number of rotatable bonds is 8. The van der Waals surface area contributed by atoms with Gasteiger partial charge in [0.2, 0.25) is 15.9 Å². The van der Waals surface area contributed by atoms with Crippen LogP contribution in [0, 0.1) is 5.82 Å². The molecular formula is C23H28FN3O4S. The second-order valence-corrected chi connectivity index (χ2v) is 10.0. The van der Waals surface area contributed by atoms with Crippen LogP contribution in [0.3, 0.4) is 0 Å². The Morgan fingerprint density at radius 3 is 2.38 bits per heavy atom. The molecule has 0 radical (unpaired) electrons. The normalized spacial score (nSPS) is 14.8. The van der Waals surface area contributed by atoms with E-state index >= 15 is 0 Å². The molecule has 32 heavy (non-hydrogen) atoms. The predicted molar refractivity (Wildman–Crippen MR) is 121 cm³/mol. The molecule has 2 aromatic carbocycles. The van der Waals surface area contributed by atoms with Gasteiger partial charge in [0.15, 0.2) is 0 Å². The van der Waals surface area contributed by atoms with Crippen molar-refractivity contribution in [3.05, 3.63) is 65.5 Å². The summed E-state index contributed by atoms with van der Waals surface area (Å²) >= 11 is 0. The molecule has 0 unspecified atom stereocenters. The van der Waals surface area contributed by atoms with Gasteiger partial charge in [-0.05, 0) is 31.0 Å². The summed E-state index contributed by atoms with van der Waals surface area (Å²) < 4.78 is 39.3. The van der Waals surface area contributed by atoms with Gasteiger partial charge in [0.05, 0.1) is 24.1 Å². The molecule has 1 saturated carbocycles. The monoisotopic (exact) mass is 461 g/mol. The number of nitrogens with zero attached hydrogens (tertiary/aromatic N) is 1. The number of halogens is 1. The molecule has 0 atom stereocenters. The van der Waals surface area contributed by atoms with Crippen LogP contribution in [0.1, 0.15) is 48.0 Å². The maximum atomic E-state index is 14.0. The van der Waals surface area contributed by atoms with E-state index in [2.05, 4.69) is 10.6 Å². The number of carbonyl (C=O) groups excluding carboxylic acids is 2. The summed E-state index contributed by atoms with van der Waals surface area (Å²) in [4.78, 5) is 25.4. The van der Waals surface area contributed by atoms with E-state index in [9.17, 15) is 22.4 Å². The zero-order valence-corrected chi connectivity index (χ0v) is 18.8. The Morgan fingerprint density at radius 1 is 1.03 bits per heavy atom. The van der Waals surface area contributed by atoms with Gasteiger partial charge >= 0.3 is 0 Å². The Hall–Kier alpha value is -2.78. The van der Waals surface area contributed by atoms with Gasteiger partial charge in [-0.25, -0.2) is 12.8 Å². The van der Waals surface area contributed by atoms with Crippen molar-refractivity contribution in [3.63, 3.8) is 0 Å². The van der Waals surface area contributed by atoms with Crippen molar-refractivity contribution in [2.45, 2.75) is 44.7 Å². The molecule has 9 heteroatoms. The van der Waals surface area contributed by atoms with E-state index in [1.807, 2.05) is 0 Å². The zero-order chi connectivity index (χ0) is 23.1. The van der Waals surface area contributed by atoms with Gasteiger partial charge < -0.3 is 10.6 Å². The van der Waals surface area contributed by atoms with Crippen LogP contribution >= 0.6 is 0 Å². The molecule has 0 heterocycles. The summed E-state index contributed by atoms with van der Waals surface area (Å²) in [6.45, 7) is -0.783. The summed E-state index contributed by atoms with van der Waals surface area (Å²) in [6.07, 6.45) is 6.15. The Morgan fingerprint density at radius 2 is 1.69 bits per heavy atom. The molecule has 7 nitrogen and oxygen atoms in total. The number of hydrogen-bond donors (Lipinski definition) is 2. The first-order valence-corrected chi connectivity index (χ1v) is 12.5. The molecule has 172 valence electrons. The van der Waals surface area contributed by atoms with Crippen LogP contribution in [0.25, 0.3) is 0 Å². The highest BCUT2D eigenvalue weighted by Gasteiger charge is 2.23. The average molecular weight is 462 g/mol. The zero-order valence-electron chi connectivity index (χ0n) is 18.0. The number of nitrogens with one attached hydrogen (secondary N) is 2. The van der Waals surface area contributed by atoms with Gasteiger partial charge in [-0.3, -0.25) is 9.59 Å². The van der Waals surface area contributed by atoms with Crippen molar-refractivity contribution in [2.75, 3.05) is 18.1 Å². The van der Waals surface area contributed by atoms with E-state index in [0.717, 1.165) is 36.2 Å². The van der Waals surface area contributed by atoms with Crippen molar-refractivity contribution in [1.82, 2.24) is 9.62 Å². The lowest BCUT2D eigenvalue weighted by molar-refractivity contribution is -0.116. The Balaban J connectivity index is 1.70. The van der Waals surface area contributed by atoms with Crippen molar-refractivity contribution < 1.29 is 22.4 Å². The molecule has 0 aliphatic heterocycles. The molecule has 2 amide bonds. The second-order valence-electron chi connectivity index (χ2n) is 8.02. The van der Waals surface area contributed by atoms with Crippen LogP contribution in [0.2, 0.25) is 0 Å². The lowest BCUT2D eigenvalue weighted by atomic mass is 9.95. The van der Waals surface area contributed by atoms with Crippen LogP contribution < -0.4 is 10.6 Å². The fourth-order valence-electron chi connectivity index (χ4n) is 3.76. The molecule has 1 fully saturated rings. The summed E-state index contributed by atoms with van der Waals surface area (Å²) in [7, 11) is -3.79. The molecule has 0 aromatic heterocycles. The second kappa shape index (κ2) is 10.7. The van der Waals surface area contributed by atoms with Gasteiger partial charge in [0.25, 0.3) is 5.91 Å². The molecule has 3 rings (SSSR count). The van der Waals surface area contributed by atoms with E-state index < -0.39 is 28.3 Å². The average Bonchev–Trinajstić information content (AvgIpc) is 2.75.